The molecule has 1 aromatic carbocycles. The Morgan fingerprint density at radius 3 is 2.71 bits per heavy atom. The van der Waals surface area contributed by atoms with Gasteiger partial charge >= 0.3 is 0 Å². The lowest BCUT2D eigenvalue weighted by molar-refractivity contribution is -0.0205. The maximum Gasteiger partial charge on any atom is 0.124 e. The number of para-hydroxylation sites is 1. The van der Waals surface area contributed by atoms with E-state index in [1.807, 2.05) is 0 Å². The Labute approximate surface area is 128 Å². The van der Waals surface area contributed by atoms with E-state index in [9.17, 15) is 0 Å². The molecule has 1 saturated heterocycles. The summed E-state index contributed by atoms with van der Waals surface area (Å²) in [5, 5.41) is 3.77. The van der Waals surface area contributed by atoms with Gasteiger partial charge in [0.2, 0.25) is 0 Å². The van der Waals surface area contributed by atoms with E-state index in [1.54, 1.807) is 0 Å². The number of fused-ring (bicyclic) bond motifs is 1. The summed E-state index contributed by atoms with van der Waals surface area (Å²) >= 11 is 0. The molecule has 3 rings (SSSR count). The molecule has 2 aliphatic rings. The van der Waals surface area contributed by atoms with Crippen LogP contribution >= 0.6 is 0 Å². The lowest BCUT2D eigenvalue weighted by Crippen LogP contribution is -2.51. The predicted molar refractivity (Wildman–Crippen MR) is 86.7 cm³/mol. The Kier molecular flexibility index (Phi) is 4.23. The van der Waals surface area contributed by atoms with Gasteiger partial charge in [0.15, 0.2) is 0 Å². The lowest BCUT2D eigenvalue weighted by atomic mass is 9.80. The highest BCUT2D eigenvalue weighted by Gasteiger charge is 2.42. The van der Waals surface area contributed by atoms with Crippen LogP contribution in [0.4, 0.5) is 0 Å². The Morgan fingerprint density at radius 2 is 2.00 bits per heavy atom. The number of rotatable bonds is 3. The molecule has 2 aliphatic heterocycles. The summed E-state index contributed by atoms with van der Waals surface area (Å²) in [4.78, 5) is 2.41. The van der Waals surface area contributed by atoms with Gasteiger partial charge in [-0.25, -0.2) is 0 Å². The number of ether oxygens (including phenoxy) is 1. The van der Waals surface area contributed by atoms with Crippen molar-refractivity contribution in [1.29, 1.82) is 0 Å². The van der Waals surface area contributed by atoms with E-state index in [2.05, 4.69) is 55.4 Å². The second-order valence-electron chi connectivity index (χ2n) is 7.18. The molecule has 0 saturated carbocycles. The normalized spacial score (nSPS) is 24.9. The molecule has 0 aliphatic carbocycles. The molecule has 116 valence electrons. The molecule has 1 spiro atoms. The van der Waals surface area contributed by atoms with Crippen LogP contribution in [0.1, 0.15) is 44.7 Å². The molecule has 1 atom stereocenters. The molecule has 21 heavy (non-hydrogen) atoms. The highest BCUT2D eigenvalue weighted by Crippen LogP contribution is 2.44. The number of hydrogen-bond donors (Lipinski definition) is 1. The van der Waals surface area contributed by atoms with E-state index in [0.29, 0.717) is 12.0 Å². The monoisotopic (exact) mass is 288 g/mol. The second-order valence-corrected chi connectivity index (χ2v) is 7.18. The molecule has 1 unspecified atom stereocenters. The molecule has 0 bridgehead atoms. The number of hydrogen-bond acceptors (Lipinski definition) is 3. The number of nitrogens with zero attached hydrogens (tertiary/aromatic N) is 1. The third kappa shape index (κ3) is 3.24. The van der Waals surface area contributed by atoms with Crippen molar-refractivity contribution in [3.05, 3.63) is 29.8 Å². The minimum atomic E-state index is 0.0372. The quantitative estimate of drug-likeness (QED) is 0.924. The Bertz CT molecular complexity index is 478. The third-order valence-corrected chi connectivity index (χ3v) is 4.87. The number of likely N-dealkylation sites (tertiary alicyclic amines) is 1. The molecule has 3 heteroatoms. The average molecular weight is 288 g/mol. The van der Waals surface area contributed by atoms with Crippen LogP contribution in [0.15, 0.2) is 24.3 Å². The van der Waals surface area contributed by atoms with E-state index in [-0.39, 0.29) is 5.60 Å². The zero-order valence-corrected chi connectivity index (χ0v) is 13.6. The third-order valence-electron chi connectivity index (χ3n) is 4.87. The fraction of sp³-hybridized carbons (Fsp3) is 0.667. The Hall–Kier alpha value is -1.06. The Balaban J connectivity index is 1.82. The van der Waals surface area contributed by atoms with Crippen molar-refractivity contribution in [2.45, 2.75) is 44.8 Å². The summed E-state index contributed by atoms with van der Waals surface area (Å²) in [6.07, 6.45) is 3.37. The molecule has 0 amide bonds. The fourth-order valence-corrected chi connectivity index (χ4v) is 3.51. The maximum atomic E-state index is 6.48. The van der Waals surface area contributed by atoms with E-state index in [1.165, 1.54) is 5.56 Å². The lowest BCUT2D eigenvalue weighted by Gasteiger charge is -2.46. The first kappa shape index (κ1) is 14.9. The number of nitrogens with one attached hydrogen (secondary N) is 1. The Morgan fingerprint density at radius 1 is 1.29 bits per heavy atom. The molecule has 0 radical (unpaired) electrons. The molecular weight excluding hydrogens is 260 g/mol. The smallest absolute Gasteiger partial charge is 0.124 e. The molecule has 1 aromatic rings. The maximum absolute atomic E-state index is 6.48. The first-order chi connectivity index (χ1) is 10.1. The molecule has 3 nitrogen and oxygen atoms in total. The van der Waals surface area contributed by atoms with Crippen molar-refractivity contribution in [3.8, 4) is 5.75 Å². The molecule has 1 N–H and O–H groups in total. The molecule has 1 fully saturated rings. The van der Waals surface area contributed by atoms with Crippen LogP contribution in [0.5, 0.6) is 5.75 Å². The zero-order valence-electron chi connectivity index (χ0n) is 13.6. The highest BCUT2D eigenvalue weighted by atomic mass is 16.5. The largest absolute Gasteiger partial charge is 0.487 e. The van der Waals surface area contributed by atoms with Crippen LogP contribution in [-0.2, 0) is 0 Å². The van der Waals surface area contributed by atoms with Crippen molar-refractivity contribution < 1.29 is 4.74 Å². The minimum absolute atomic E-state index is 0.0372. The number of piperidine rings is 1. The van der Waals surface area contributed by atoms with Crippen LogP contribution in [0, 0.1) is 5.92 Å². The SMILES string of the molecule is CC(C)CNC1CC2(CCN(C)CC2)Oc2ccccc21. The van der Waals surface area contributed by atoms with Gasteiger partial charge in [-0.1, -0.05) is 32.0 Å². The molecule has 2 heterocycles. The summed E-state index contributed by atoms with van der Waals surface area (Å²) in [6.45, 7) is 7.88. The first-order valence-electron chi connectivity index (χ1n) is 8.28. The van der Waals surface area contributed by atoms with E-state index >= 15 is 0 Å². The van der Waals surface area contributed by atoms with Gasteiger partial charge in [0.25, 0.3) is 0 Å². The van der Waals surface area contributed by atoms with Gasteiger partial charge < -0.3 is 15.0 Å². The standard InChI is InChI=1S/C18H28N2O/c1-14(2)13-19-16-12-18(8-10-20(3)11-9-18)21-17-7-5-4-6-15(16)17/h4-7,14,16,19H,8-13H2,1-3H3. The van der Waals surface area contributed by atoms with Crippen molar-refractivity contribution in [2.24, 2.45) is 5.92 Å². The van der Waals surface area contributed by atoms with Gasteiger partial charge in [-0.3, -0.25) is 0 Å². The van der Waals surface area contributed by atoms with Gasteiger partial charge in [0.05, 0.1) is 0 Å². The summed E-state index contributed by atoms with van der Waals surface area (Å²) in [5.41, 5.74) is 1.37. The fourth-order valence-electron chi connectivity index (χ4n) is 3.51. The van der Waals surface area contributed by atoms with Crippen LogP contribution in [0.25, 0.3) is 0 Å². The van der Waals surface area contributed by atoms with Gasteiger partial charge in [0, 0.05) is 31.1 Å². The highest BCUT2D eigenvalue weighted by molar-refractivity contribution is 5.39. The van der Waals surface area contributed by atoms with Crippen molar-refractivity contribution in [3.63, 3.8) is 0 Å². The van der Waals surface area contributed by atoms with Gasteiger partial charge in [-0.15, -0.1) is 0 Å². The summed E-state index contributed by atoms with van der Waals surface area (Å²) in [6, 6.07) is 9.00. The first-order valence-corrected chi connectivity index (χ1v) is 8.28. The van der Waals surface area contributed by atoms with Crippen molar-refractivity contribution in [1.82, 2.24) is 10.2 Å². The second kappa shape index (κ2) is 5.98. The summed E-state index contributed by atoms with van der Waals surface area (Å²) in [5.74, 6) is 1.77. The van der Waals surface area contributed by atoms with Crippen LogP contribution in [0.2, 0.25) is 0 Å². The van der Waals surface area contributed by atoms with Gasteiger partial charge in [-0.05, 0) is 38.4 Å². The predicted octanol–water partition coefficient (Wildman–Crippen LogP) is 3.22. The van der Waals surface area contributed by atoms with E-state index in [0.717, 1.165) is 44.6 Å². The van der Waals surface area contributed by atoms with Crippen LogP contribution < -0.4 is 10.1 Å². The van der Waals surface area contributed by atoms with E-state index < -0.39 is 0 Å². The summed E-state index contributed by atoms with van der Waals surface area (Å²) in [7, 11) is 2.21. The van der Waals surface area contributed by atoms with Crippen LogP contribution in [-0.4, -0.2) is 37.2 Å². The number of benzene rings is 1. The minimum Gasteiger partial charge on any atom is -0.487 e. The van der Waals surface area contributed by atoms with Gasteiger partial charge in [-0.2, -0.15) is 0 Å². The van der Waals surface area contributed by atoms with Crippen molar-refractivity contribution >= 4 is 0 Å². The van der Waals surface area contributed by atoms with Crippen molar-refractivity contribution in [2.75, 3.05) is 26.7 Å². The molecular formula is C18H28N2O. The molecule has 0 aromatic heterocycles. The van der Waals surface area contributed by atoms with E-state index in [4.69, 9.17) is 4.74 Å². The average Bonchev–Trinajstić information content (AvgIpc) is 2.48. The van der Waals surface area contributed by atoms with Crippen LogP contribution in [0.3, 0.4) is 0 Å². The topological polar surface area (TPSA) is 24.5 Å². The van der Waals surface area contributed by atoms with Gasteiger partial charge in [0.1, 0.15) is 11.4 Å². The summed E-state index contributed by atoms with van der Waals surface area (Å²) < 4.78 is 6.48. The zero-order chi connectivity index (χ0) is 14.9.